The summed E-state index contributed by atoms with van der Waals surface area (Å²) in [5, 5.41) is 2.87. The van der Waals surface area contributed by atoms with Gasteiger partial charge in [0, 0.05) is 24.2 Å². The number of nitrogens with one attached hydrogen (secondary N) is 1. The SMILES string of the molecule is CCOc1ccccc1NC(=O)c1cccc(N2CCCC2=O)c1. The quantitative estimate of drug-likeness (QED) is 0.916. The van der Waals surface area contributed by atoms with Crippen molar-refractivity contribution in [2.45, 2.75) is 19.8 Å². The molecule has 1 fully saturated rings. The van der Waals surface area contributed by atoms with E-state index < -0.39 is 0 Å². The summed E-state index contributed by atoms with van der Waals surface area (Å²) < 4.78 is 5.53. The zero-order chi connectivity index (χ0) is 16.9. The number of hydrogen-bond donors (Lipinski definition) is 1. The molecule has 0 saturated carbocycles. The number of hydrogen-bond acceptors (Lipinski definition) is 3. The molecule has 0 unspecified atom stereocenters. The molecule has 2 amide bonds. The Labute approximate surface area is 141 Å². The Morgan fingerprint density at radius 1 is 1.21 bits per heavy atom. The van der Waals surface area contributed by atoms with Crippen molar-refractivity contribution in [2.75, 3.05) is 23.4 Å². The van der Waals surface area contributed by atoms with Crippen molar-refractivity contribution in [3.05, 3.63) is 54.1 Å². The van der Waals surface area contributed by atoms with Crippen LogP contribution in [0.4, 0.5) is 11.4 Å². The van der Waals surface area contributed by atoms with Gasteiger partial charge in [-0.1, -0.05) is 18.2 Å². The van der Waals surface area contributed by atoms with Crippen LogP contribution in [0.25, 0.3) is 0 Å². The molecular formula is C19H20N2O3. The van der Waals surface area contributed by atoms with E-state index in [4.69, 9.17) is 4.74 Å². The molecule has 24 heavy (non-hydrogen) atoms. The Bertz CT molecular complexity index is 758. The Balaban J connectivity index is 1.80. The minimum absolute atomic E-state index is 0.106. The maximum Gasteiger partial charge on any atom is 0.255 e. The highest BCUT2D eigenvalue weighted by molar-refractivity contribution is 6.06. The molecule has 0 aromatic heterocycles. The minimum Gasteiger partial charge on any atom is -0.492 e. The Kier molecular flexibility index (Phi) is 4.79. The zero-order valence-corrected chi connectivity index (χ0v) is 13.6. The number of ether oxygens (including phenoxy) is 1. The number of anilines is 2. The van der Waals surface area contributed by atoms with Gasteiger partial charge in [0.25, 0.3) is 5.91 Å². The summed E-state index contributed by atoms with van der Waals surface area (Å²) in [5.74, 6) is 0.518. The van der Waals surface area contributed by atoms with Gasteiger partial charge in [0.2, 0.25) is 5.91 Å². The molecule has 0 atom stereocenters. The number of para-hydroxylation sites is 2. The van der Waals surface area contributed by atoms with E-state index in [1.807, 2.05) is 31.2 Å². The van der Waals surface area contributed by atoms with E-state index in [2.05, 4.69) is 5.32 Å². The summed E-state index contributed by atoms with van der Waals surface area (Å²) in [4.78, 5) is 26.1. The van der Waals surface area contributed by atoms with Crippen molar-refractivity contribution < 1.29 is 14.3 Å². The van der Waals surface area contributed by atoms with Crippen molar-refractivity contribution in [3.8, 4) is 5.75 Å². The number of rotatable bonds is 5. The topological polar surface area (TPSA) is 58.6 Å². The van der Waals surface area contributed by atoms with E-state index in [0.717, 1.165) is 12.1 Å². The van der Waals surface area contributed by atoms with Crippen LogP contribution in [0, 0.1) is 0 Å². The smallest absolute Gasteiger partial charge is 0.255 e. The highest BCUT2D eigenvalue weighted by Gasteiger charge is 2.22. The molecule has 1 N–H and O–H groups in total. The number of amides is 2. The van der Waals surface area contributed by atoms with Gasteiger partial charge in [0.05, 0.1) is 12.3 Å². The lowest BCUT2D eigenvalue weighted by molar-refractivity contribution is -0.117. The average molecular weight is 324 g/mol. The normalized spacial score (nSPS) is 13.9. The molecule has 2 aromatic carbocycles. The summed E-state index contributed by atoms with van der Waals surface area (Å²) in [7, 11) is 0. The lowest BCUT2D eigenvalue weighted by Gasteiger charge is -2.17. The van der Waals surface area contributed by atoms with Crippen LogP contribution in [0.1, 0.15) is 30.1 Å². The standard InChI is InChI=1S/C19H20N2O3/c1-2-24-17-10-4-3-9-16(17)20-19(23)14-7-5-8-15(13-14)21-12-6-11-18(21)22/h3-5,7-10,13H,2,6,11-12H2,1H3,(H,20,23). The molecule has 3 rings (SSSR count). The maximum absolute atomic E-state index is 12.5. The van der Waals surface area contributed by atoms with E-state index in [1.54, 1.807) is 29.2 Å². The maximum atomic E-state index is 12.5. The predicted molar refractivity (Wildman–Crippen MR) is 93.6 cm³/mol. The molecule has 1 heterocycles. The van der Waals surface area contributed by atoms with Gasteiger partial charge in [-0.2, -0.15) is 0 Å². The summed E-state index contributed by atoms with van der Waals surface area (Å²) in [6, 6.07) is 14.5. The largest absolute Gasteiger partial charge is 0.492 e. The first-order valence-electron chi connectivity index (χ1n) is 8.12. The number of benzene rings is 2. The summed E-state index contributed by atoms with van der Waals surface area (Å²) >= 11 is 0. The number of carbonyl (C=O) groups excluding carboxylic acids is 2. The highest BCUT2D eigenvalue weighted by atomic mass is 16.5. The van der Waals surface area contributed by atoms with Gasteiger partial charge in [-0.3, -0.25) is 9.59 Å². The molecule has 1 aliphatic rings. The molecule has 5 nitrogen and oxygen atoms in total. The Morgan fingerprint density at radius 3 is 2.79 bits per heavy atom. The summed E-state index contributed by atoms with van der Waals surface area (Å²) in [6.45, 7) is 3.13. The first kappa shape index (κ1) is 16.1. The van der Waals surface area contributed by atoms with E-state index in [0.29, 0.717) is 36.6 Å². The van der Waals surface area contributed by atoms with Gasteiger partial charge in [-0.05, 0) is 43.7 Å². The minimum atomic E-state index is -0.226. The van der Waals surface area contributed by atoms with Crippen LogP contribution in [0.5, 0.6) is 5.75 Å². The van der Waals surface area contributed by atoms with Crippen molar-refractivity contribution in [1.29, 1.82) is 0 Å². The van der Waals surface area contributed by atoms with E-state index in [-0.39, 0.29) is 11.8 Å². The fraction of sp³-hybridized carbons (Fsp3) is 0.263. The predicted octanol–water partition coefficient (Wildman–Crippen LogP) is 3.46. The van der Waals surface area contributed by atoms with Crippen molar-refractivity contribution >= 4 is 23.2 Å². The molecule has 0 spiro atoms. The van der Waals surface area contributed by atoms with Gasteiger partial charge < -0.3 is 15.0 Å². The molecular weight excluding hydrogens is 304 g/mol. The molecule has 1 aliphatic heterocycles. The van der Waals surface area contributed by atoms with Crippen LogP contribution in [-0.4, -0.2) is 25.0 Å². The van der Waals surface area contributed by atoms with Gasteiger partial charge in [-0.15, -0.1) is 0 Å². The van der Waals surface area contributed by atoms with Gasteiger partial charge in [-0.25, -0.2) is 0 Å². The monoisotopic (exact) mass is 324 g/mol. The van der Waals surface area contributed by atoms with E-state index in [9.17, 15) is 9.59 Å². The average Bonchev–Trinajstić information content (AvgIpc) is 3.03. The van der Waals surface area contributed by atoms with E-state index in [1.165, 1.54) is 0 Å². The fourth-order valence-electron chi connectivity index (χ4n) is 2.78. The highest BCUT2D eigenvalue weighted by Crippen LogP contribution is 2.26. The Morgan fingerprint density at radius 2 is 2.04 bits per heavy atom. The van der Waals surface area contributed by atoms with Crippen LogP contribution in [0.15, 0.2) is 48.5 Å². The van der Waals surface area contributed by atoms with Crippen LogP contribution < -0.4 is 15.0 Å². The second kappa shape index (κ2) is 7.17. The van der Waals surface area contributed by atoms with Crippen LogP contribution in [-0.2, 0) is 4.79 Å². The molecule has 1 saturated heterocycles. The zero-order valence-electron chi connectivity index (χ0n) is 13.6. The van der Waals surface area contributed by atoms with Gasteiger partial charge in [0.1, 0.15) is 5.75 Å². The van der Waals surface area contributed by atoms with Crippen LogP contribution >= 0.6 is 0 Å². The molecule has 2 aromatic rings. The number of carbonyl (C=O) groups is 2. The second-order valence-electron chi connectivity index (χ2n) is 5.58. The molecule has 124 valence electrons. The third kappa shape index (κ3) is 3.40. The third-order valence-corrected chi connectivity index (χ3v) is 3.93. The van der Waals surface area contributed by atoms with Gasteiger partial charge in [0.15, 0.2) is 0 Å². The van der Waals surface area contributed by atoms with Crippen molar-refractivity contribution in [1.82, 2.24) is 0 Å². The fourth-order valence-corrected chi connectivity index (χ4v) is 2.78. The molecule has 0 radical (unpaired) electrons. The van der Waals surface area contributed by atoms with Crippen LogP contribution in [0.3, 0.4) is 0 Å². The second-order valence-corrected chi connectivity index (χ2v) is 5.58. The lowest BCUT2D eigenvalue weighted by atomic mass is 10.1. The molecule has 0 aliphatic carbocycles. The van der Waals surface area contributed by atoms with Crippen molar-refractivity contribution in [2.24, 2.45) is 0 Å². The summed E-state index contributed by atoms with van der Waals surface area (Å²) in [5.41, 5.74) is 1.91. The van der Waals surface area contributed by atoms with Gasteiger partial charge >= 0.3 is 0 Å². The molecule has 0 bridgehead atoms. The van der Waals surface area contributed by atoms with Crippen molar-refractivity contribution in [3.63, 3.8) is 0 Å². The third-order valence-electron chi connectivity index (χ3n) is 3.93. The summed E-state index contributed by atoms with van der Waals surface area (Å²) in [6.07, 6.45) is 1.43. The number of nitrogens with zero attached hydrogens (tertiary/aromatic N) is 1. The van der Waals surface area contributed by atoms with E-state index >= 15 is 0 Å². The lowest BCUT2D eigenvalue weighted by Crippen LogP contribution is -2.24. The first-order valence-corrected chi connectivity index (χ1v) is 8.12. The first-order chi connectivity index (χ1) is 11.7. The van der Waals surface area contributed by atoms with Crippen LogP contribution in [0.2, 0.25) is 0 Å². The molecule has 5 heteroatoms. The Hall–Kier alpha value is -2.82.